The van der Waals surface area contributed by atoms with Crippen LogP contribution in [0.2, 0.25) is 0 Å². The van der Waals surface area contributed by atoms with Gasteiger partial charge in [0.15, 0.2) is 0 Å². The van der Waals surface area contributed by atoms with E-state index in [1.807, 2.05) is 18.2 Å². The van der Waals surface area contributed by atoms with Crippen molar-refractivity contribution in [3.63, 3.8) is 0 Å². The lowest BCUT2D eigenvalue weighted by Crippen LogP contribution is -2.11. The lowest BCUT2D eigenvalue weighted by molar-refractivity contribution is 0.590. The van der Waals surface area contributed by atoms with E-state index in [9.17, 15) is 10.5 Å². The van der Waals surface area contributed by atoms with Crippen LogP contribution in [0, 0.1) is 22.7 Å². The van der Waals surface area contributed by atoms with Crippen LogP contribution in [0.5, 0.6) is 0 Å². The van der Waals surface area contributed by atoms with Gasteiger partial charge in [-0.1, -0.05) is 108 Å². The Morgan fingerprint density at radius 3 is 1.59 bits per heavy atom. The van der Waals surface area contributed by atoms with Crippen molar-refractivity contribution in [3.8, 4) is 29.2 Å². The van der Waals surface area contributed by atoms with Crippen LogP contribution in [0.3, 0.4) is 0 Å². The van der Waals surface area contributed by atoms with E-state index in [1.165, 1.54) is 21.9 Å². The highest BCUT2D eigenvalue weighted by atomic mass is 16.3. The van der Waals surface area contributed by atoms with Gasteiger partial charge in [-0.05, 0) is 107 Å². The van der Waals surface area contributed by atoms with Gasteiger partial charge in [-0.15, -0.1) is 0 Å². The molecule has 0 spiro atoms. The summed E-state index contributed by atoms with van der Waals surface area (Å²) in [7, 11) is 0. The molecule has 0 fully saturated rings. The molecule has 4 heterocycles. The summed E-state index contributed by atoms with van der Waals surface area (Å²) in [6.45, 7) is 13.5. The molecule has 12 rings (SSSR count). The van der Waals surface area contributed by atoms with Crippen LogP contribution < -0.4 is 0 Å². The van der Waals surface area contributed by atoms with Gasteiger partial charge in [0.25, 0.3) is 0 Å². The molecule has 64 heavy (non-hydrogen) atoms. The summed E-state index contributed by atoms with van der Waals surface area (Å²) in [5, 5.41) is 30.5. The molecule has 0 aliphatic heterocycles. The zero-order chi connectivity index (χ0) is 43.8. The first-order valence-electron chi connectivity index (χ1n) is 21.9. The van der Waals surface area contributed by atoms with Crippen molar-refractivity contribution >= 4 is 87.4 Å². The minimum Gasteiger partial charge on any atom is -0.455 e. The molecule has 8 aromatic carbocycles. The fourth-order valence-electron chi connectivity index (χ4n) is 10.2. The van der Waals surface area contributed by atoms with Gasteiger partial charge in [-0.25, -0.2) is 0 Å². The highest BCUT2D eigenvalue weighted by Crippen LogP contribution is 2.45. The first kappa shape index (κ1) is 37.7. The maximum Gasteiger partial charge on any atom is 0.145 e. The van der Waals surface area contributed by atoms with E-state index in [2.05, 4.69) is 195 Å². The third-order valence-corrected chi connectivity index (χ3v) is 13.4. The fourth-order valence-corrected chi connectivity index (χ4v) is 10.2. The Hall–Kier alpha value is -8.06. The van der Waals surface area contributed by atoms with Crippen molar-refractivity contribution in [2.45, 2.75) is 52.4 Å². The number of nitriles is 2. The van der Waals surface area contributed by atoms with Crippen LogP contribution in [0.15, 0.2) is 156 Å². The van der Waals surface area contributed by atoms with Gasteiger partial charge in [0.1, 0.15) is 17.2 Å². The lowest BCUT2D eigenvalue weighted by atomic mass is 9.85. The summed E-state index contributed by atoms with van der Waals surface area (Å²) in [6, 6.07) is 58.4. The first-order valence-corrected chi connectivity index (χ1v) is 21.9. The van der Waals surface area contributed by atoms with E-state index in [0.29, 0.717) is 16.8 Å². The number of rotatable bonds is 3. The maximum atomic E-state index is 11.2. The van der Waals surface area contributed by atoms with Crippen LogP contribution in [-0.2, 0) is 10.8 Å². The first-order chi connectivity index (χ1) is 30.9. The number of hydrogen-bond donors (Lipinski definition) is 0. The average molecular weight is 826 g/mol. The fraction of sp³-hybridized carbons (Fsp3) is 0.138. The van der Waals surface area contributed by atoms with Gasteiger partial charge >= 0.3 is 0 Å². The molecule has 0 aliphatic carbocycles. The minimum atomic E-state index is -0.0787. The second-order valence-corrected chi connectivity index (χ2v) is 19.3. The molecule has 6 heteroatoms. The number of aromatic nitrogens is 3. The zero-order valence-corrected chi connectivity index (χ0v) is 36.6. The Bertz CT molecular complexity index is 3940. The van der Waals surface area contributed by atoms with Crippen molar-refractivity contribution in [1.29, 1.82) is 10.5 Å². The van der Waals surface area contributed by atoms with Gasteiger partial charge in [0, 0.05) is 43.4 Å². The van der Waals surface area contributed by atoms with Gasteiger partial charge in [-0.2, -0.15) is 10.5 Å². The smallest absolute Gasteiger partial charge is 0.145 e. The van der Waals surface area contributed by atoms with Crippen molar-refractivity contribution in [2.24, 2.45) is 0 Å². The van der Waals surface area contributed by atoms with Crippen LogP contribution in [0.25, 0.3) is 104 Å². The molecule has 12 aromatic rings. The number of hydrogen-bond acceptors (Lipinski definition) is 3. The predicted molar refractivity (Wildman–Crippen MR) is 264 cm³/mol. The number of nitrogens with zero attached hydrogens (tertiary/aromatic N) is 5. The molecule has 0 N–H and O–H groups in total. The molecular weight excluding hydrogens is 783 g/mol. The third kappa shape index (κ3) is 5.30. The summed E-state index contributed by atoms with van der Waals surface area (Å²) in [5.74, 6) is 0. The maximum absolute atomic E-state index is 11.2. The summed E-state index contributed by atoms with van der Waals surface area (Å²) < 4.78 is 13.7. The number of furan rings is 1. The number of fused-ring (bicyclic) bond motifs is 13. The minimum absolute atomic E-state index is 0.0787. The summed E-state index contributed by atoms with van der Waals surface area (Å²) in [4.78, 5) is 0. The van der Waals surface area contributed by atoms with Crippen LogP contribution in [-0.4, -0.2) is 13.7 Å². The predicted octanol–water partition coefficient (Wildman–Crippen LogP) is 15.2. The Kier molecular flexibility index (Phi) is 7.79. The molecule has 0 radical (unpaired) electrons. The molecule has 0 saturated carbocycles. The second kappa shape index (κ2) is 13.2. The molecule has 0 aliphatic rings. The molecule has 0 atom stereocenters. The van der Waals surface area contributed by atoms with Crippen LogP contribution in [0.1, 0.15) is 63.8 Å². The Morgan fingerprint density at radius 1 is 0.438 bits per heavy atom. The summed E-state index contributed by atoms with van der Waals surface area (Å²) >= 11 is 0. The standard InChI is InChI=1S/C58H43N5O/c1-57(2,3)36-19-23-48-43(29-36)44-30-37(58(4,5)6)20-24-49(44)63(48)55-35(33-60)27-34(32-59)28-52(55)62-50-25-21-38(61-46-16-10-7-13-39(46)40-14-8-11-17-47(40)61)31-45(50)54-51(62)26-22-42-41-15-9-12-18-53(41)64-56(42)54/h7-31H,1-6H3. The zero-order valence-electron chi connectivity index (χ0n) is 36.6. The van der Waals surface area contributed by atoms with E-state index in [0.717, 1.165) is 88.0 Å². The quantitative estimate of drug-likeness (QED) is 0.178. The molecule has 4 aromatic heterocycles. The van der Waals surface area contributed by atoms with Gasteiger partial charge in [-0.3, -0.25) is 0 Å². The molecule has 0 amide bonds. The molecular formula is C58H43N5O. The molecule has 0 saturated heterocycles. The van der Waals surface area contributed by atoms with E-state index in [-0.39, 0.29) is 10.8 Å². The van der Waals surface area contributed by atoms with Gasteiger partial charge in [0.05, 0.1) is 67.1 Å². The Labute approximate surface area is 370 Å². The largest absolute Gasteiger partial charge is 0.455 e. The van der Waals surface area contributed by atoms with Crippen molar-refractivity contribution in [3.05, 3.63) is 174 Å². The summed E-state index contributed by atoms with van der Waals surface area (Å²) in [5.41, 5.74) is 13.3. The average Bonchev–Trinajstić information content (AvgIpc) is 4.03. The van der Waals surface area contributed by atoms with Crippen LogP contribution >= 0.6 is 0 Å². The normalized spacial score (nSPS) is 12.5. The van der Waals surface area contributed by atoms with Crippen molar-refractivity contribution in [2.75, 3.05) is 0 Å². The molecule has 306 valence electrons. The third-order valence-electron chi connectivity index (χ3n) is 13.4. The Morgan fingerprint density at radius 2 is 0.984 bits per heavy atom. The molecule has 6 nitrogen and oxygen atoms in total. The number of para-hydroxylation sites is 3. The van der Waals surface area contributed by atoms with Crippen molar-refractivity contribution in [1.82, 2.24) is 13.7 Å². The lowest BCUT2D eigenvalue weighted by Gasteiger charge is -2.21. The summed E-state index contributed by atoms with van der Waals surface area (Å²) in [6.07, 6.45) is 0. The van der Waals surface area contributed by atoms with Gasteiger partial charge < -0.3 is 18.1 Å². The topological polar surface area (TPSA) is 75.5 Å². The van der Waals surface area contributed by atoms with Crippen molar-refractivity contribution < 1.29 is 4.42 Å². The van der Waals surface area contributed by atoms with Crippen LogP contribution in [0.4, 0.5) is 0 Å². The second-order valence-electron chi connectivity index (χ2n) is 19.3. The van der Waals surface area contributed by atoms with E-state index >= 15 is 0 Å². The molecule has 0 unspecified atom stereocenters. The van der Waals surface area contributed by atoms with E-state index in [4.69, 9.17) is 4.42 Å². The van der Waals surface area contributed by atoms with E-state index < -0.39 is 0 Å². The van der Waals surface area contributed by atoms with Gasteiger partial charge in [0.2, 0.25) is 0 Å². The molecule has 0 bridgehead atoms. The highest BCUT2D eigenvalue weighted by Gasteiger charge is 2.27. The number of benzene rings is 8. The van der Waals surface area contributed by atoms with E-state index in [1.54, 1.807) is 6.07 Å². The highest BCUT2D eigenvalue weighted by molar-refractivity contribution is 6.24. The monoisotopic (exact) mass is 825 g/mol. The SMILES string of the molecule is CC(C)(C)c1ccc2c(c1)c1cc(C(C)(C)C)ccc1n2-c1c(C#N)cc(C#N)cc1-n1c2ccc(-n3c4ccccc4c4ccccc43)cc2c2c3oc4ccccc4c3ccc21. The Balaban J connectivity index is 1.24.